The fraction of sp³-hybridized carbons (Fsp3) is 0.786. The molecule has 0 N–H and O–H groups in total. The van der Waals surface area contributed by atoms with Crippen LogP contribution >= 0.6 is 0 Å². The van der Waals surface area contributed by atoms with E-state index in [2.05, 4.69) is 79.7 Å². The van der Waals surface area contributed by atoms with Gasteiger partial charge in [-0.15, -0.1) is 0 Å². The average molecular weight is 419 g/mol. The number of hydrogen-bond donors (Lipinski definition) is 0. The van der Waals surface area contributed by atoms with Crippen LogP contribution in [0.5, 0.6) is 5.75 Å². The normalized spacial score (nSPS) is 22.3. The van der Waals surface area contributed by atoms with Crippen LogP contribution in [0.3, 0.4) is 0 Å². The van der Waals surface area contributed by atoms with E-state index in [0.717, 1.165) is 12.2 Å². The van der Waals surface area contributed by atoms with Crippen LogP contribution in [0.1, 0.15) is 119 Å². The molecule has 1 saturated carbocycles. The molecule has 2 rings (SSSR count). The van der Waals surface area contributed by atoms with Crippen LogP contribution in [0.25, 0.3) is 0 Å². The van der Waals surface area contributed by atoms with E-state index < -0.39 is 0 Å². The second-order valence-electron chi connectivity index (χ2n) is 11.3. The van der Waals surface area contributed by atoms with E-state index in [1.807, 2.05) is 13.8 Å². The highest BCUT2D eigenvalue weighted by Gasteiger charge is 2.32. The highest BCUT2D eigenvalue weighted by molar-refractivity contribution is 5.29. The van der Waals surface area contributed by atoms with Crippen molar-refractivity contribution in [2.75, 3.05) is 0 Å². The molecule has 0 aliphatic heterocycles. The van der Waals surface area contributed by atoms with E-state index in [1.165, 1.54) is 37.7 Å². The van der Waals surface area contributed by atoms with E-state index in [-0.39, 0.29) is 11.7 Å². The molecule has 0 bridgehead atoms. The first-order chi connectivity index (χ1) is 14.0. The summed E-state index contributed by atoms with van der Waals surface area (Å²) in [5.74, 6) is 2.07. The van der Waals surface area contributed by atoms with Crippen LogP contribution in [0.2, 0.25) is 0 Å². The minimum absolute atomic E-state index is 0.0653. The fourth-order valence-electron chi connectivity index (χ4n) is 4.26. The zero-order valence-electron chi connectivity index (χ0n) is 21.7. The molecule has 0 amide bonds. The molecule has 0 spiro atoms. The average Bonchev–Trinajstić information content (AvgIpc) is 2.85. The smallest absolute Gasteiger partial charge is 0.204 e. The van der Waals surface area contributed by atoms with Gasteiger partial charge in [-0.3, -0.25) is 0 Å². The second kappa shape index (κ2) is 12.1. The van der Waals surface area contributed by atoms with Gasteiger partial charge in [-0.2, -0.15) is 0 Å². The maximum Gasteiger partial charge on any atom is 0.204 e. The lowest BCUT2D eigenvalue weighted by atomic mass is 9.82. The molecule has 0 aromatic heterocycles. The Morgan fingerprint density at radius 2 is 1.47 bits per heavy atom. The maximum absolute atomic E-state index is 6.57. The second-order valence-corrected chi connectivity index (χ2v) is 11.3. The standard InChI is InChI=1S/C26H44O2.C2H6/c1-19-12-10-9-11-13-23(19)28-24(26(6,7)8)27-22-16-14-21(15-17-22)20(2)18-25(3,4)5;1-2/h14-17,19-20,23-24H,9-13,18H2,1-8H3;1-2H3. The Labute approximate surface area is 188 Å². The summed E-state index contributed by atoms with van der Waals surface area (Å²) in [5.41, 5.74) is 1.66. The van der Waals surface area contributed by atoms with Crippen LogP contribution in [0.15, 0.2) is 24.3 Å². The molecule has 1 aromatic carbocycles. The third-order valence-electron chi connectivity index (χ3n) is 5.90. The lowest BCUT2D eigenvalue weighted by Gasteiger charge is -2.35. The Morgan fingerprint density at radius 3 is 2.00 bits per heavy atom. The zero-order chi connectivity index (χ0) is 22.9. The topological polar surface area (TPSA) is 18.5 Å². The van der Waals surface area contributed by atoms with Gasteiger partial charge in [0, 0.05) is 5.41 Å². The maximum atomic E-state index is 6.57. The summed E-state index contributed by atoms with van der Waals surface area (Å²) in [4.78, 5) is 0. The molecule has 4 unspecified atom stereocenters. The highest BCUT2D eigenvalue weighted by Crippen LogP contribution is 2.34. The third kappa shape index (κ3) is 9.41. The molecule has 0 radical (unpaired) electrons. The monoisotopic (exact) mass is 418 g/mol. The van der Waals surface area contributed by atoms with Gasteiger partial charge in [-0.05, 0) is 54.2 Å². The Kier molecular flexibility index (Phi) is 10.9. The van der Waals surface area contributed by atoms with E-state index in [9.17, 15) is 0 Å². The summed E-state index contributed by atoms with van der Waals surface area (Å²) >= 11 is 0. The number of benzene rings is 1. The summed E-state index contributed by atoms with van der Waals surface area (Å²) in [6.45, 7) is 22.2. The summed E-state index contributed by atoms with van der Waals surface area (Å²) in [6, 6.07) is 8.68. The Morgan fingerprint density at radius 1 is 0.900 bits per heavy atom. The van der Waals surface area contributed by atoms with Crippen molar-refractivity contribution in [3.8, 4) is 5.75 Å². The van der Waals surface area contributed by atoms with Gasteiger partial charge in [0.1, 0.15) is 5.75 Å². The van der Waals surface area contributed by atoms with Gasteiger partial charge in [0.15, 0.2) is 0 Å². The van der Waals surface area contributed by atoms with Crippen LogP contribution in [0.4, 0.5) is 0 Å². The van der Waals surface area contributed by atoms with Gasteiger partial charge in [0.2, 0.25) is 6.29 Å². The minimum Gasteiger partial charge on any atom is -0.464 e. The molecule has 0 heterocycles. The first kappa shape index (κ1) is 27.0. The van der Waals surface area contributed by atoms with Crippen LogP contribution < -0.4 is 4.74 Å². The van der Waals surface area contributed by atoms with Gasteiger partial charge in [-0.25, -0.2) is 0 Å². The first-order valence-corrected chi connectivity index (χ1v) is 12.4. The van der Waals surface area contributed by atoms with Crippen molar-refractivity contribution in [1.29, 1.82) is 0 Å². The molecule has 1 fully saturated rings. The highest BCUT2D eigenvalue weighted by atomic mass is 16.7. The fourth-order valence-corrected chi connectivity index (χ4v) is 4.26. The van der Waals surface area contributed by atoms with E-state index in [4.69, 9.17) is 9.47 Å². The number of hydrogen-bond acceptors (Lipinski definition) is 2. The van der Waals surface area contributed by atoms with E-state index >= 15 is 0 Å². The molecule has 174 valence electrons. The van der Waals surface area contributed by atoms with Crippen molar-refractivity contribution >= 4 is 0 Å². The van der Waals surface area contributed by atoms with Crippen LogP contribution in [-0.2, 0) is 4.74 Å². The Hall–Kier alpha value is -1.02. The Bertz CT molecular complexity index is 576. The SMILES string of the molecule is CC.CC(CC(C)(C)C)c1ccc(OC(OC2CCCCCC2C)C(C)(C)C)cc1. The van der Waals surface area contributed by atoms with Crippen molar-refractivity contribution in [3.63, 3.8) is 0 Å². The van der Waals surface area contributed by atoms with Crippen molar-refractivity contribution in [1.82, 2.24) is 0 Å². The summed E-state index contributed by atoms with van der Waals surface area (Å²) < 4.78 is 13.0. The third-order valence-corrected chi connectivity index (χ3v) is 5.90. The molecular formula is C28H50O2. The van der Waals surface area contributed by atoms with Crippen molar-refractivity contribution in [2.45, 2.75) is 126 Å². The molecule has 2 nitrogen and oxygen atoms in total. The van der Waals surface area contributed by atoms with Gasteiger partial charge >= 0.3 is 0 Å². The summed E-state index contributed by atoms with van der Waals surface area (Å²) in [5, 5.41) is 0. The van der Waals surface area contributed by atoms with E-state index in [0.29, 0.717) is 23.4 Å². The molecular weight excluding hydrogens is 368 g/mol. The molecule has 0 saturated heterocycles. The lowest BCUT2D eigenvalue weighted by molar-refractivity contribution is -0.183. The van der Waals surface area contributed by atoms with Crippen LogP contribution in [0, 0.1) is 16.7 Å². The van der Waals surface area contributed by atoms with E-state index in [1.54, 1.807) is 0 Å². The van der Waals surface area contributed by atoms with Gasteiger partial charge in [-0.1, -0.05) is 101 Å². The lowest BCUT2D eigenvalue weighted by Crippen LogP contribution is -2.39. The largest absolute Gasteiger partial charge is 0.464 e. The summed E-state index contributed by atoms with van der Waals surface area (Å²) in [6.07, 6.45) is 7.61. The van der Waals surface area contributed by atoms with Crippen molar-refractivity contribution < 1.29 is 9.47 Å². The predicted octanol–water partition coefficient (Wildman–Crippen LogP) is 8.99. The first-order valence-electron chi connectivity index (χ1n) is 12.4. The molecule has 1 aromatic rings. The Balaban J connectivity index is 0.00000218. The quantitative estimate of drug-likeness (QED) is 0.339. The molecule has 2 heteroatoms. The van der Waals surface area contributed by atoms with Crippen molar-refractivity contribution in [3.05, 3.63) is 29.8 Å². The van der Waals surface area contributed by atoms with Gasteiger partial charge in [0.25, 0.3) is 0 Å². The number of rotatable bonds is 6. The molecule has 1 aliphatic rings. The molecule has 30 heavy (non-hydrogen) atoms. The molecule has 1 aliphatic carbocycles. The number of ether oxygens (including phenoxy) is 2. The van der Waals surface area contributed by atoms with Gasteiger partial charge < -0.3 is 9.47 Å². The zero-order valence-corrected chi connectivity index (χ0v) is 21.7. The van der Waals surface area contributed by atoms with Gasteiger partial charge in [0.05, 0.1) is 6.10 Å². The molecule has 4 atom stereocenters. The van der Waals surface area contributed by atoms with Crippen LogP contribution in [-0.4, -0.2) is 12.4 Å². The minimum atomic E-state index is -0.226. The summed E-state index contributed by atoms with van der Waals surface area (Å²) in [7, 11) is 0. The predicted molar refractivity (Wildman–Crippen MR) is 131 cm³/mol. The van der Waals surface area contributed by atoms with Crippen molar-refractivity contribution in [2.24, 2.45) is 16.7 Å².